The molecule has 0 spiro atoms. The van der Waals surface area contributed by atoms with Crippen LogP contribution in [0.25, 0.3) is 10.8 Å². The summed E-state index contributed by atoms with van der Waals surface area (Å²) in [6, 6.07) is 11.0. The number of benzene rings is 2. The van der Waals surface area contributed by atoms with Crippen molar-refractivity contribution in [2.75, 3.05) is 6.54 Å². The highest BCUT2D eigenvalue weighted by Gasteiger charge is 2.15. The molecule has 1 amide bonds. The van der Waals surface area contributed by atoms with Crippen LogP contribution in [0.1, 0.15) is 37.6 Å². The van der Waals surface area contributed by atoms with Crippen LogP contribution >= 0.6 is 0 Å². The van der Waals surface area contributed by atoms with E-state index in [1.807, 2.05) is 30.3 Å². The molecule has 0 unspecified atom stereocenters. The summed E-state index contributed by atoms with van der Waals surface area (Å²) in [6.45, 7) is 7.00. The Kier molecular flexibility index (Phi) is 3.98. The third-order valence-corrected chi connectivity index (χ3v) is 3.31. The monoisotopic (exact) mass is 271 g/mol. The number of nitrogens with one attached hydrogen (secondary N) is 1. The van der Waals surface area contributed by atoms with Crippen molar-refractivity contribution < 1.29 is 9.90 Å². The lowest BCUT2D eigenvalue weighted by Gasteiger charge is -2.18. The zero-order valence-corrected chi connectivity index (χ0v) is 12.2. The Balaban J connectivity index is 2.16. The van der Waals surface area contributed by atoms with Crippen LogP contribution in [0.15, 0.2) is 36.4 Å². The average Bonchev–Trinajstić information content (AvgIpc) is 2.38. The van der Waals surface area contributed by atoms with Gasteiger partial charge < -0.3 is 10.4 Å². The minimum absolute atomic E-state index is 0.0522. The lowest BCUT2D eigenvalue weighted by Crippen LogP contribution is -2.27. The summed E-state index contributed by atoms with van der Waals surface area (Å²) in [6.07, 6.45) is 0.896. The van der Waals surface area contributed by atoms with Crippen molar-refractivity contribution in [3.05, 3.63) is 42.0 Å². The van der Waals surface area contributed by atoms with E-state index >= 15 is 0 Å². The van der Waals surface area contributed by atoms with E-state index in [0.29, 0.717) is 17.5 Å². The third kappa shape index (κ3) is 3.29. The van der Waals surface area contributed by atoms with E-state index in [-0.39, 0.29) is 17.1 Å². The smallest absolute Gasteiger partial charge is 0.255 e. The van der Waals surface area contributed by atoms with E-state index in [1.165, 1.54) is 0 Å². The van der Waals surface area contributed by atoms with Crippen LogP contribution in [0.3, 0.4) is 0 Å². The van der Waals surface area contributed by atoms with Gasteiger partial charge in [-0.15, -0.1) is 0 Å². The van der Waals surface area contributed by atoms with E-state index < -0.39 is 0 Å². The third-order valence-electron chi connectivity index (χ3n) is 3.31. The predicted octanol–water partition coefficient (Wildman–Crippen LogP) is 3.71. The minimum Gasteiger partial charge on any atom is -0.506 e. The second-order valence-electron chi connectivity index (χ2n) is 6.25. The first kappa shape index (κ1) is 14.4. The molecule has 0 aromatic heterocycles. The standard InChI is InChI=1S/C17H21NO2/c1-17(2,3)10-11-18-16(20)14-9-8-12-6-4-5-7-13(12)15(14)19/h4-9,19H,10-11H2,1-3H3,(H,18,20). The first-order valence-electron chi connectivity index (χ1n) is 6.87. The second-order valence-corrected chi connectivity index (χ2v) is 6.25. The number of carbonyl (C=O) groups is 1. The second kappa shape index (κ2) is 5.53. The van der Waals surface area contributed by atoms with Crippen molar-refractivity contribution in [3.63, 3.8) is 0 Å². The van der Waals surface area contributed by atoms with Gasteiger partial charge >= 0.3 is 0 Å². The van der Waals surface area contributed by atoms with Gasteiger partial charge in [-0.1, -0.05) is 51.1 Å². The summed E-state index contributed by atoms with van der Waals surface area (Å²) in [5, 5.41) is 14.7. The number of aromatic hydroxyl groups is 1. The Hall–Kier alpha value is -2.03. The van der Waals surface area contributed by atoms with Crippen molar-refractivity contribution in [2.24, 2.45) is 5.41 Å². The molecule has 106 valence electrons. The zero-order chi connectivity index (χ0) is 14.8. The predicted molar refractivity (Wildman–Crippen MR) is 82.0 cm³/mol. The summed E-state index contributed by atoms with van der Waals surface area (Å²) < 4.78 is 0. The van der Waals surface area contributed by atoms with E-state index in [2.05, 4.69) is 26.1 Å². The van der Waals surface area contributed by atoms with E-state index in [0.717, 1.165) is 11.8 Å². The van der Waals surface area contributed by atoms with Gasteiger partial charge in [0.25, 0.3) is 5.91 Å². The molecule has 20 heavy (non-hydrogen) atoms. The summed E-state index contributed by atoms with van der Waals surface area (Å²) in [7, 11) is 0. The fourth-order valence-electron chi connectivity index (χ4n) is 2.08. The Labute approximate surface area is 119 Å². The van der Waals surface area contributed by atoms with Gasteiger partial charge in [0.05, 0.1) is 5.56 Å². The molecule has 2 aromatic rings. The molecule has 0 heterocycles. The van der Waals surface area contributed by atoms with Gasteiger partial charge in [-0.25, -0.2) is 0 Å². The Bertz CT molecular complexity index is 626. The minimum atomic E-state index is -0.225. The van der Waals surface area contributed by atoms with Crippen LogP contribution < -0.4 is 5.32 Å². The maximum absolute atomic E-state index is 12.1. The Morgan fingerprint density at radius 1 is 1.15 bits per heavy atom. The van der Waals surface area contributed by atoms with Gasteiger partial charge in [-0.05, 0) is 23.3 Å². The molecule has 2 N–H and O–H groups in total. The van der Waals surface area contributed by atoms with Gasteiger partial charge in [0.1, 0.15) is 5.75 Å². The number of phenolic OH excluding ortho intramolecular Hbond substituents is 1. The first-order chi connectivity index (χ1) is 9.38. The number of fused-ring (bicyclic) bond motifs is 1. The number of hydrogen-bond donors (Lipinski definition) is 2. The SMILES string of the molecule is CC(C)(C)CCNC(=O)c1ccc2ccccc2c1O. The summed E-state index contributed by atoms with van der Waals surface area (Å²) in [5.74, 6) is -0.172. The topological polar surface area (TPSA) is 49.3 Å². The van der Waals surface area contributed by atoms with Crippen molar-refractivity contribution in [3.8, 4) is 5.75 Å². The maximum Gasteiger partial charge on any atom is 0.255 e. The van der Waals surface area contributed by atoms with E-state index in [4.69, 9.17) is 0 Å². The number of rotatable bonds is 3. The van der Waals surface area contributed by atoms with Crippen LogP contribution in [-0.2, 0) is 0 Å². The molecule has 0 aliphatic heterocycles. The molecule has 3 heteroatoms. The number of phenols is 1. The van der Waals surface area contributed by atoms with Crippen LogP contribution in [-0.4, -0.2) is 17.6 Å². The Morgan fingerprint density at radius 3 is 2.55 bits per heavy atom. The van der Waals surface area contributed by atoms with E-state index in [1.54, 1.807) is 6.07 Å². The van der Waals surface area contributed by atoms with Crippen LogP contribution in [0.4, 0.5) is 0 Å². The Morgan fingerprint density at radius 2 is 1.85 bits per heavy atom. The molecule has 2 aromatic carbocycles. The molecule has 0 aliphatic rings. The number of hydrogen-bond acceptors (Lipinski definition) is 2. The molecular weight excluding hydrogens is 250 g/mol. The quantitative estimate of drug-likeness (QED) is 0.894. The van der Waals surface area contributed by atoms with Gasteiger partial charge in [-0.2, -0.15) is 0 Å². The number of carbonyl (C=O) groups excluding carboxylic acids is 1. The van der Waals surface area contributed by atoms with Crippen molar-refractivity contribution in [1.82, 2.24) is 5.32 Å². The lowest BCUT2D eigenvalue weighted by molar-refractivity contribution is 0.0947. The molecule has 0 radical (unpaired) electrons. The molecule has 0 fully saturated rings. The largest absolute Gasteiger partial charge is 0.506 e. The van der Waals surface area contributed by atoms with Crippen LogP contribution in [0.5, 0.6) is 5.75 Å². The molecular formula is C17H21NO2. The van der Waals surface area contributed by atoms with E-state index in [9.17, 15) is 9.90 Å². The van der Waals surface area contributed by atoms with Gasteiger partial charge in [0.2, 0.25) is 0 Å². The average molecular weight is 271 g/mol. The highest BCUT2D eigenvalue weighted by Crippen LogP contribution is 2.28. The molecule has 0 aliphatic carbocycles. The van der Waals surface area contributed by atoms with Gasteiger partial charge in [0.15, 0.2) is 0 Å². The van der Waals surface area contributed by atoms with Crippen LogP contribution in [0.2, 0.25) is 0 Å². The summed E-state index contributed by atoms with van der Waals surface area (Å²) in [4.78, 5) is 12.1. The first-order valence-corrected chi connectivity index (χ1v) is 6.87. The maximum atomic E-state index is 12.1. The highest BCUT2D eigenvalue weighted by atomic mass is 16.3. The zero-order valence-electron chi connectivity index (χ0n) is 12.2. The normalized spacial score (nSPS) is 11.6. The van der Waals surface area contributed by atoms with Gasteiger partial charge in [0, 0.05) is 11.9 Å². The summed E-state index contributed by atoms with van der Waals surface area (Å²) >= 11 is 0. The lowest BCUT2D eigenvalue weighted by atomic mass is 9.92. The molecule has 2 rings (SSSR count). The molecule has 0 saturated heterocycles. The molecule has 0 saturated carbocycles. The number of amides is 1. The molecule has 3 nitrogen and oxygen atoms in total. The van der Waals surface area contributed by atoms with Crippen molar-refractivity contribution in [2.45, 2.75) is 27.2 Å². The fourth-order valence-corrected chi connectivity index (χ4v) is 2.08. The fraction of sp³-hybridized carbons (Fsp3) is 0.353. The summed E-state index contributed by atoms with van der Waals surface area (Å²) in [5.41, 5.74) is 0.510. The van der Waals surface area contributed by atoms with Gasteiger partial charge in [-0.3, -0.25) is 4.79 Å². The highest BCUT2D eigenvalue weighted by molar-refractivity contribution is 6.03. The molecule has 0 atom stereocenters. The van der Waals surface area contributed by atoms with Crippen LogP contribution in [0, 0.1) is 5.41 Å². The van der Waals surface area contributed by atoms with Crippen molar-refractivity contribution >= 4 is 16.7 Å². The molecule has 0 bridgehead atoms. The van der Waals surface area contributed by atoms with Crippen molar-refractivity contribution in [1.29, 1.82) is 0 Å².